The summed E-state index contributed by atoms with van der Waals surface area (Å²) < 4.78 is 45.2. The minimum absolute atomic E-state index is 0.0495. The topological polar surface area (TPSA) is 105 Å². The van der Waals surface area contributed by atoms with Crippen LogP contribution in [0.1, 0.15) is 51.3 Å². The average Bonchev–Trinajstić information content (AvgIpc) is 3.30. The van der Waals surface area contributed by atoms with Crippen LogP contribution in [0.4, 0.5) is 13.2 Å². The summed E-state index contributed by atoms with van der Waals surface area (Å²) in [4.78, 5) is 36.1. The molecule has 7 nitrogen and oxygen atoms in total. The molecule has 1 fully saturated rings. The number of ether oxygens (including phenoxy) is 1. The van der Waals surface area contributed by atoms with Crippen LogP contribution in [0, 0.1) is 5.92 Å². The highest BCUT2D eigenvalue weighted by atomic mass is 32.1. The van der Waals surface area contributed by atoms with E-state index in [9.17, 15) is 27.6 Å². The number of carboxylic acids is 1. The first-order valence-corrected chi connectivity index (χ1v) is 12.6. The maximum absolute atomic E-state index is 12.9. The fourth-order valence-electron chi connectivity index (χ4n) is 4.18. The zero-order chi connectivity index (χ0) is 26.6. The van der Waals surface area contributed by atoms with E-state index in [2.05, 4.69) is 10.6 Å². The molecule has 1 aromatic heterocycles. The molecule has 0 aliphatic heterocycles. The molecule has 11 heteroatoms. The average molecular weight is 535 g/mol. The van der Waals surface area contributed by atoms with Gasteiger partial charge in [-0.15, -0.1) is 11.3 Å². The number of fused-ring (bicyclic) bond motifs is 1. The Morgan fingerprint density at radius 3 is 2.19 bits per heavy atom. The van der Waals surface area contributed by atoms with Crippen LogP contribution in [0.3, 0.4) is 0 Å². The third-order valence-electron chi connectivity index (χ3n) is 6.21. The highest BCUT2D eigenvalue weighted by Gasteiger charge is 2.30. The third kappa shape index (κ3) is 6.79. The van der Waals surface area contributed by atoms with Crippen molar-refractivity contribution < 1.29 is 37.4 Å². The normalized spacial score (nSPS) is 17.8. The second kappa shape index (κ2) is 11.2. The molecule has 0 bridgehead atoms. The number of amides is 2. The van der Waals surface area contributed by atoms with Crippen LogP contribution in [-0.4, -0.2) is 42.1 Å². The van der Waals surface area contributed by atoms with Gasteiger partial charge >= 0.3 is 12.1 Å². The van der Waals surface area contributed by atoms with E-state index in [1.165, 1.54) is 12.1 Å². The van der Waals surface area contributed by atoms with Crippen molar-refractivity contribution in [3.63, 3.8) is 0 Å². The molecule has 0 spiro atoms. The number of carbonyl (C=O) groups is 3. The number of carbonyl (C=O) groups excluding carboxylic acids is 2. The van der Waals surface area contributed by atoms with Crippen LogP contribution in [-0.2, 0) is 11.0 Å². The lowest BCUT2D eigenvalue weighted by Gasteiger charge is -2.26. The number of rotatable bonds is 8. The maximum atomic E-state index is 12.9. The van der Waals surface area contributed by atoms with Gasteiger partial charge in [-0.3, -0.25) is 14.4 Å². The molecule has 0 saturated heterocycles. The van der Waals surface area contributed by atoms with Gasteiger partial charge in [-0.05, 0) is 79.6 Å². The number of hydrogen-bond donors (Lipinski definition) is 3. The minimum Gasteiger partial charge on any atom is -0.490 e. The van der Waals surface area contributed by atoms with E-state index < -0.39 is 23.6 Å². The van der Waals surface area contributed by atoms with E-state index in [-0.39, 0.29) is 35.9 Å². The van der Waals surface area contributed by atoms with E-state index in [1.54, 1.807) is 24.3 Å². The molecule has 3 aromatic rings. The third-order valence-corrected chi connectivity index (χ3v) is 7.32. The van der Waals surface area contributed by atoms with E-state index in [0.29, 0.717) is 47.1 Å². The van der Waals surface area contributed by atoms with Crippen LogP contribution < -0.4 is 15.4 Å². The van der Waals surface area contributed by atoms with Gasteiger partial charge in [0, 0.05) is 23.4 Å². The molecule has 1 aliphatic carbocycles. The first-order valence-electron chi connectivity index (χ1n) is 11.8. The smallest absolute Gasteiger partial charge is 0.416 e. The Balaban J connectivity index is 1.21. The van der Waals surface area contributed by atoms with Crippen molar-refractivity contribution in [3.8, 4) is 5.75 Å². The molecule has 1 saturated carbocycles. The van der Waals surface area contributed by atoms with Crippen molar-refractivity contribution in [2.24, 2.45) is 5.92 Å². The zero-order valence-corrected chi connectivity index (χ0v) is 20.5. The zero-order valence-electron chi connectivity index (χ0n) is 19.6. The van der Waals surface area contributed by atoms with E-state index in [1.807, 2.05) is 0 Å². The standard InChI is InChI=1S/C26H25F3N2O5S/c27-26(28,29)18-5-10-21-17(13-18)14-22(37-21)24(33)31-12-11-30-23(32)15-1-6-19(7-2-15)36-20-8-3-16(4-9-20)25(34)35/h1-2,5-7,10,13-14,16,20H,3-4,8-9,11-12H2,(H,30,32)(H,31,33)(H,34,35). The lowest BCUT2D eigenvalue weighted by molar-refractivity contribution is -0.143. The molecule has 1 heterocycles. The maximum Gasteiger partial charge on any atom is 0.416 e. The Bertz CT molecular complexity index is 1280. The summed E-state index contributed by atoms with van der Waals surface area (Å²) in [6.07, 6.45) is -2.00. The molecular weight excluding hydrogens is 509 g/mol. The molecule has 37 heavy (non-hydrogen) atoms. The van der Waals surface area contributed by atoms with Gasteiger partial charge in [-0.2, -0.15) is 13.2 Å². The Labute approximate surface area is 214 Å². The van der Waals surface area contributed by atoms with Crippen LogP contribution in [0.15, 0.2) is 48.5 Å². The van der Waals surface area contributed by atoms with Gasteiger partial charge in [0.1, 0.15) is 5.75 Å². The summed E-state index contributed by atoms with van der Waals surface area (Å²) in [6, 6.07) is 11.4. The predicted molar refractivity (Wildman–Crippen MR) is 132 cm³/mol. The summed E-state index contributed by atoms with van der Waals surface area (Å²) in [6.45, 7) is 0.311. The van der Waals surface area contributed by atoms with Gasteiger partial charge < -0.3 is 20.5 Å². The van der Waals surface area contributed by atoms with Crippen molar-refractivity contribution in [1.82, 2.24) is 10.6 Å². The lowest BCUT2D eigenvalue weighted by Crippen LogP contribution is -2.34. The van der Waals surface area contributed by atoms with Crippen molar-refractivity contribution >= 4 is 39.2 Å². The molecule has 196 valence electrons. The van der Waals surface area contributed by atoms with Crippen LogP contribution >= 0.6 is 11.3 Å². The summed E-state index contributed by atoms with van der Waals surface area (Å²) in [5.74, 6) is -1.23. The Hall–Kier alpha value is -3.60. The van der Waals surface area contributed by atoms with Gasteiger partial charge in [-0.1, -0.05) is 0 Å². The lowest BCUT2D eigenvalue weighted by atomic mass is 9.87. The molecule has 4 rings (SSSR count). The van der Waals surface area contributed by atoms with Gasteiger partial charge in [0.25, 0.3) is 11.8 Å². The number of halogens is 3. The SMILES string of the molecule is O=C(NCCNC(=O)c1cc2cc(C(F)(F)F)ccc2s1)c1ccc(OC2CCC(C(=O)O)CC2)cc1. The van der Waals surface area contributed by atoms with Gasteiger partial charge in [0.2, 0.25) is 0 Å². The van der Waals surface area contributed by atoms with Crippen LogP contribution in [0.5, 0.6) is 5.75 Å². The number of hydrogen-bond acceptors (Lipinski definition) is 5. The molecule has 1 aliphatic rings. The fraction of sp³-hybridized carbons (Fsp3) is 0.346. The Morgan fingerprint density at radius 2 is 1.57 bits per heavy atom. The summed E-state index contributed by atoms with van der Waals surface area (Å²) in [5.41, 5.74) is -0.354. The van der Waals surface area contributed by atoms with Crippen molar-refractivity contribution in [3.05, 3.63) is 64.5 Å². The predicted octanol–water partition coefficient (Wildman–Crippen LogP) is 5.10. The minimum atomic E-state index is -4.45. The van der Waals surface area contributed by atoms with Gasteiger partial charge in [0.05, 0.1) is 22.5 Å². The molecule has 0 radical (unpaired) electrons. The Morgan fingerprint density at radius 1 is 0.919 bits per heavy atom. The second-order valence-corrected chi connectivity index (χ2v) is 9.91. The quantitative estimate of drug-likeness (QED) is 0.349. The van der Waals surface area contributed by atoms with Crippen LogP contribution in [0.2, 0.25) is 0 Å². The monoisotopic (exact) mass is 534 g/mol. The largest absolute Gasteiger partial charge is 0.490 e. The number of carboxylic acid groups (broad SMARTS) is 1. The van der Waals surface area contributed by atoms with Crippen molar-refractivity contribution in [1.29, 1.82) is 0 Å². The van der Waals surface area contributed by atoms with E-state index in [0.717, 1.165) is 23.5 Å². The van der Waals surface area contributed by atoms with E-state index in [4.69, 9.17) is 9.84 Å². The van der Waals surface area contributed by atoms with E-state index >= 15 is 0 Å². The number of nitrogens with one attached hydrogen (secondary N) is 2. The molecule has 3 N–H and O–H groups in total. The summed E-state index contributed by atoms with van der Waals surface area (Å²) >= 11 is 1.10. The number of alkyl halides is 3. The van der Waals surface area contributed by atoms with Crippen molar-refractivity contribution in [2.45, 2.75) is 38.0 Å². The molecule has 0 unspecified atom stereocenters. The highest BCUT2D eigenvalue weighted by Crippen LogP contribution is 2.34. The first kappa shape index (κ1) is 26.5. The second-order valence-electron chi connectivity index (χ2n) is 8.83. The Kier molecular flexibility index (Phi) is 8.01. The molecular formula is C26H25F3N2O5S. The summed E-state index contributed by atoms with van der Waals surface area (Å²) in [5, 5.41) is 14.8. The summed E-state index contributed by atoms with van der Waals surface area (Å²) in [7, 11) is 0. The number of aliphatic carboxylic acids is 1. The van der Waals surface area contributed by atoms with Gasteiger partial charge in [0.15, 0.2) is 0 Å². The fourth-order valence-corrected chi connectivity index (χ4v) is 5.14. The molecule has 2 amide bonds. The molecule has 2 aromatic carbocycles. The van der Waals surface area contributed by atoms with Gasteiger partial charge in [-0.25, -0.2) is 0 Å². The highest BCUT2D eigenvalue weighted by molar-refractivity contribution is 7.20. The molecule has 0 atom stereocenters. The first-order chi connectivity index (χ1) is 17.6. The van der Waals surface area contributed by atoms with Crippen molar-refractivity contribution in [2.75, 3.05) is 13.1 Å². The number of benzene rings is 2. The number of thiophene rings is 1. The van der Waals surface area contributed by atoms with Crippen LogP contribution in [0.25, 0.3) is 10.1 Å².